The molecular weight excluding hydrogens is 350 g/mol. The van der Waals surface area contributed by atoms with E-state index in [1.165, 1.54) is 24.6 Å². The Hall–Kier alpha value is -2.31. The molecule has 2 aromatic carbocycles. The summed E-state index contributed by atoms with van der Waals surface area (Å²) in [6.45, 7) is 4.24. The van der Waals surface area contributed by atoms with Crippen LogP contribution in [0.1, 0.15) is 30.5 Å². The Kier molecular flexibility index (Phi) is 7.88. The molecule has 2 unspecified atom stereocenters. The Morgan fingerprint density at radius 3 is 2.37 bits per heavy atom. The van der Waals surface area contributed by atoms with Crippen molar-refractivity contribution in [3.8, 4) is 0 Å². The number of aliphatic hydroxyl groups is 1. The van der Waals surface area contributed by atoms with Crippen LogP contribution in [-0.2, 0) is 24.2 Å². The van der Waals surface area contributed by atoms with E-state index < -0.39 is 23.8 Å². The molecule has 4 nitrogen and oxygen atoms in total. The van der Waals surface area contributed by atoms with Gasteiger partial charge in [-0.1, -0.05) is 31.2 Å². The number of carbonyl (C=O) groups excluding carboxylic acids is 1. The number of amides is 1. The molecular formula is C21H26F2N2O2. The van der Waals surface area contributed by atoms with E-state index in [2.05, 4.69) is 29.7 Å². The van der Waals surface area contributed by atoms with E-state index in [0.29, 0.717) is 12.1 Å². The van der Waals surface area contributed by atoms with Crippen LogP contribution in [0.4, 0.5) is 8.78 Å². The Balaban J connectivity index is 1.96. The second-order valence-electron chi connectivity index (χ2n) is 6.66. The maximum absolute atomic E-state index is 13.4. The van der Waals surface area contributed by atoms with Crippen LogP contribution in [0.3, 0.4) is 0 Å². The lowest BCUT2D eigenvalue weighted by Gasteiger charge is -2.24. The molecule has 0 fully saturated rings. The lowest BCUT2D eigenvalue weighted by atomic mass is 10.0. The zero-order valence-electron chi connectivity index (χ0n) is 15.6. The zero-order chi connectivity index (χ0) is 19.8. The number of aryl methyl sites for hydroxylation is 1. The maximum Gasteiger partial charge on any atom is 0.217 e. The molecule has 27 heavy (non-hydrogen) atoms. The van der Waals surface area contributed by atoms with Crippen LogP contribution in [0.25, 0.3) is 0 Å². The third-order valence-electron chi connectivity index (χ3n) is 4.31. The van der Waals surface area contributed by atoms with Gasteiger partial charge in [-0.05, 0) is 41.7 Å². The van der Waals surface area contributed by atoms with Crippen LogP contribution in [0.5, 0.6) is 0 Å². The molecule has 0 heterocycles. The van der Waals surface area contributed by atoms with E-state index in [9.17, 15) is 18.7 Å². The first-order valence-corrected chi connectivity index (χ1v) is 9.06. The van der Waals surface area contributed by atoms with Crippen molar-refractivity contribution in [3.63, 3.8) is 0 Å². The molecule has 0 saturated heterocycles. The molecule has 0 saturated carbocycles. The third-order valence-corrected chi connectivity index (χ3v) is 4.31. The zero-order valence-corrected chi connectivity index (χ0v) is 15.6. The minimum absolute atomic E-state index is 0.127. The van der Waals surface area contributed by atoms with E-state index in [1.807, 2.05) is 12.1 Å². The molecule has 0 aliphatic heterocycles. The molecule has 0 aliphatic carbocycles. The van der Waals surface area contributed by atoms with Gasteiger partial charge >= 0.3 is 0 Å². The van der Waals surface area contributed by atoms with Crippen LogP contribution in [0, 0.1) is 11.6 Å². The second kappa shape index (κ2) is 10.1. The highest BCUT2D eigenvalue weighted by Crippen LogP contribution is 2.12. The first-order chi connectivity index (χ1) is 12.9. The van der Waals surface area contributed by atoms with Gasteiger partial charge in [0.1, 0.15) is 11.6 Å². The largest absolute Gasteiger partial charge is 0.390 e. The molecule has 146 valence electrons. The SMILES string of the molecule is CCc1cccc(CNCC(O)C(Cc2cc(F)cc(F)c2)NC(C)=O)c1. The van der Waals surface area contributed by atoms with Crippen molar-refractivity contribution >= 4 is 5.91 Å². The fraction of sp³-hybridized carbons (Fsp3) is 0.381. The summed E-state index contributed by atoms with van der Waals surface area (Å²) < 4.78 is 26.8. The van der Waals surface area contributed by atoms with E-state index >= 15 is 0 Å². The topological polar surface area (TPSA) is 61.4 Å². The van der Waals surface area contributed by atoms with Crippen LogP contribution in [0.15, 0.2) is 42.5 Å². The van der Waals surface area contributed by atoms with Gasteiger partial charge in [-0.2, -0.15) is 0 Å². The molecule has 0 aromatic heterocycles. The number of nitrogens with one attached hydrogen (secondary N) is 2. The lowest BCUT2D eigenvalue weighted by Crippen LogP contribution is -2.48. The van der Waals surface area contributed by atoms with Crippen LogP contribution >= 0.6 is 0 Å². The number of rotatable bonds is 9. The van der Waals surface area contributed by atoms with Crippen molar-refractivity contribution < 1.29 is 18.7 Å². The van der Waals surface area contributed by atoms with Gasteiger partial charge in [0.2, 0.25) is 5.91 Å². The average molecular weight is 376 g/mol. The number of halogens is 2. The molecule has 0 bridgehead atoms. The van der Waals surface area contributed by atoms with Gasteiger partial charge in [-0.15, -0.1) is 0 Å². The van der Waals surface area contributed by atoms with Gasteiger partial charge in [-0.25, -0.2) is 8.78 Å². The number of benzene rings is 2. The van der Waals surface area contributed by atoms with Crippen molar-refractivity contribution in [2.24, 2.45) is 0 Å². The molecule has 6 heteroatoms. The monoisotopic (exact) mass is 376 g/mol. The highest BCUT2D eigenvalue weighted by molar-refractivity contribution is 5.73. The van der Waals surface area contributed by atoms with Crippen molar-refractivity contribution in [3.05, 3.63) is 70.8 Å². The van der Waals surface area contributed by atoms with Gasteiger partial charge in [-0.3, -0.25) is 4.79 Å². The first kappa shape index (κ1) is 21.0. The number of carbonyl (C=O) groups is 1. The highest BCUT2D eigenvalue weighted by atomic mass is 19.1. The molecule has 2 rings (SSSR count). The van der Waals surface area contributed by atoms with Gasteiger partial charge in [0.25, 0.3) is 0 Å². The predicted octanol–water partition coefficient (Wildman–Crippen LogP) is 2.73. The third kappa shape index (κ3) is 7.07. The van der Waals surface area contributed by atoms with Gasteiger partial charge in [0.15, 0.2) is 0 Å². The van der Waals surface area contributed by atoms with Gasteiger partial charge in [0.05, 0.1) is 12.1 Å². The summed E-state index contributed by atoms with van der Waals surface area (Å²) in [5.41, 5.74) is 2.71. The fourth-order valence-corrected chi connectivity index (χ4v) is 2.99. The van der Waals surface area contributed by atoms with Crippen molar-refractivity contribution in [1.29, 1.82) is 0 Å². The Labute approximate surface area is 158 Å². The maximum atomic E-state index is 13.4. The lowest BCUT2D eigenvalue weighted by molar-refractivity contribution is -0.120. The van der Waals surface area contributed by atoms with Crippen molar-refractivity contribution in [2.45, 2.75) is 45.4 Å². The Bertz CT molecular complexity index is 747. The summed E-state index contributed by atoms with van der Waals surface area (Å²) >= 11 is 0. The van der Waals surface area contributed by atoms with Crippen LogP contribution in [0.2, 0.25) is 0 Å². The van der Waals surface area contributed by atoms with E-state index in [4.69, 9.17) is 0 Å². The van der Waals surface area contributed by atoms with E-state index in [0.717, 1.165) is 18.1 Å². The summed E-state index contributed by atoms with van der Waals surface area (Å²) in [6.07, 6.45) is 0.169. The smallest absolute Gasteiger partial charge is 0.217 e. The van der Waals surface area contributed by atoms with Crippen molar-refractivity contribution in [2.75, 3.05) is 6.54 Å². The molecule has 2 aromatic rings. The fourth-order valence-electron chi connectivity index (χ4n) is 2.99. The summed E-state index contributed by atoms with van der Waals surface area (Å²) in [6, 6.07) is 10.7. The average Bonchev–Trinajstić information content (AvgIpc) is 2.60. The minimum Gasteiger partial charge on any atom is -0.390 e. The Morgan fingerprint density at radius 1 is 1.07 bits per heavy atom. The van der Waals surface area contributed by atoms with Gasteiger partial charge < -0.3 is 15.7 Å². The van der Waals surface area contributed by atoms with E-state index in [1.54, 1.807) is 0 Å². The molecule has 2 atom stereocenters. The first-order valence-electron chi connectivity index (χ1n) is 9.06. The standard InChI is InChI=1S/C21H26F2N2O2/c1-3-15-5-4-6-16(7-15)12-24-13-21(27)20(25-14(2)26)10-17-8-18(22)11-19(23)9-17/h4-9,11,20-21,24,27H,3,10,12-13H2,1-2H3,(H,25,26). The normalized spacial score (nSPS) is 13.2. The summed E-state index contributed by atoms with van der Waals surface area (Å²) in [5, 5.41) is 16.3. The molecule has 0 aliphatic rings. The van der Waals surface area contributed by atoms with Crippen molar-refractivity contribution in [1.82, 2.24) is 10.6 Å². The quantitative estimate of drug-likeness (QED) is 0.631. The molecule has 1 amide bonds. The predicted molar refractivity (Wildman–Crippen MR) is 101 cm³/mol. The summed E-state index contributed by atoms with van der Waals surface area (Å²) in [4.78, 5) is 11.5. The van der Waals surface area contributed by atoms with Crippen LogP contribution < -0.4 is 10.6 Å². The van der Waals surface area contributed by atoms with Crippen LogP contribution in [-0.4, -0.2) is 29.7 Å². The highest BCUT2D eigenvalue weighted by Gasteiger charge is 2.21. The van der Waals surface area contributed by atoms with Gasteiger partial charge in [0, 0.05) is 26.1 Å². The molecule has 0 spiro atoms. The summed E-state index contributed by atoms with van der Waals surface area (Å²) in [7, 11) is 0. The molecule has 3 N–H and O–H groups in total. The Morgan fingerprint density at radius 2 is 1.74 bits per heavy atom. The number of aliphatic hydroxyl groups excluding tert-OH is 1. The number of hydrogen-bond acceptors (Lipinski definition) is 3. The number of hydrogen-bond donors (Lipinski definition) is 3. The second-order valence-corrected chi connectivity index (χ2v) is 6.66. The van der Waals surface area contributed by atoms with E-state index in [-0.39, 0.29) is 18.9 Å². The summed E-state index contributed by atoms with van der Waals surface area (Å²) in [5.74, 6) is -1.68. The molecule has 0 radical (unpaired) electrons. The minimum atomic E-state index is -0.908.